The molecule has 1 atom stereocenters. The Balaban J connectivity index is 2.12. The zero-order valence-electron chi connectivity index (χ0n) is 10.2. The Kier molecular flexibility index (Phi) is 5.07. The van der Waals surface area contributed by atoms with Crippen molar-refractivity contribution in [3.8, 4) is 0 Å². The quantitative estimate of drug-likeness (QED) is 0.739. The third kappa shape index (κ3) is 6.16. The highest BCUT2D eigenvalue weighted by Crippen LogP contribution is 2.28. The molecule has 0 bridgehead atoms. The molecule has 1 unspecified atom stereocenters. The van der Waals surface area contributed by atoms with Crippen molar-refractivity contribution < 1.29 is 10.2 Å². The van der Waals surface area contributed by atoms with E-state index in [1.165, 1.54) is 32.1 Å². The van der Waals surface area contributed by atoms with Crippen LogP contribution in [0.3, 0.4) is 0 Å². The summed E-state index contributed by atoms with van der Waals surface area (Å²) in [6, 6.07) is 0. The van der Waals surface area contributed by atoms with Crippen molar-refractivity contribution in [2.45, 2.75) is 76.9 Å². The second-order valence-corrected chi connectivity index (χ2v) is 5.75. The molecule has 0 aliphatic heterocycles. The Morgan fingerprint density at radius 2 is 1.80 bits per heavy atom. The summed E-state index contributed by atoms with van der Waals surface area (Å²) in [7, 11) is 0. The zero-order valence-corrected chi connectivity index (χ0v) is 10.2. The lowest BCUT2D eigenvalue weighted by atomic mass is 9.84. The summed E-state index contributed by atoms with van der Waals surface area (Å²) in [5, 5.41) is 19.3. The smallest absolute Gasteiger partial charge is 0.0616 e. The van der Waals surface area contributed by atoms with Crippen LogP contribution in [-0.2, 0) is 0 Å². The molecule has 0 aromatic rings. The van der Waals surface area contributed by atoms with E-state index in [-0.39, 0.29) is 6.10 Å². The highest BCUT2D eigenvalue weighted by atomic mass is 16.3. The van der Waals surface area contributed by atoms with Crippen LogP contribution in [0, 0.1) is 5.92 Å². The molecule has 1 aliphatic carbocycles. The largest absolute Gasteiger partial charge is 0.393 e. The standard InChI is InChI=1S/C13H26O2/c1-13(2,15)10-12(14)9-8-11-6-4-3-5-7-11/h11-12,14-15H,3-10H2,1-2H3. The van der Waals surface area contributed by atoms with E-state index in [0.29, 0.717) is 6.42 Å². The van der Waals surface area contributed by atoms with Gasteiger partial charge in [0.1, 0.15) is 0 Å². The van der Waals surface area contributed by atoms with Crippen LogP contribution in [0.15, 0.2) is 0 Å². The van der Waals surface area contributed by atoms with Gasteiger partial charge in [0, 0.05) is 6.42 Å². The van der Waals surface area contributed by atoms with Crippen molar-refractivity contribution >= 4 is 0 Å². The van der Waals surface area contributed by atoms with E-state index in [1.807, 2.05) is 0 Å². The van der Waals surface area contributed by atoms with Crippen LogP contribution >= 0.6 is 0 Å². The normalized spacial score (nSPS) is 21.6. The Hall–Kier alpha value is -0.0800. The lowest BCUT2D eigenvalue weighted by molar-refractivity contribution is 0.0132. The van der Waals surface area contributed by atoms with Crippen molar-refractivity contribution in [2.24, 2.45) is 5.92 Å². The summed E-state index contributed by atoms with van der Waals surface area (Å²) in [6.07, 6.45) is 8.98. The molecule has 0 spiro atoms. The molecule has 2 heteroatoms. The third-order valence-electron chi connectivity index (χ3n) is 3.37. The van der Waals surface area contributed by atoms with Crippen LogP contribution in [0.2, 0.25) is 0 Å². The maximum absolute atomic E-state index is 9.76. The molecule has 2 N–H and O–H groups in total. The highest BCUT2D eigenvalue weighted by Gasteiger charge is 2.20. The summed E-state index contributed by atoms with van der Waals surface area (Å²) in [6.45, 7) is 3.52. The van der Waals surface area contributed by atoms with Crippen LogP contribution in [0.25, 0.3) is 0 Å². The maximum Gasteiger partial charge on any atom is 0.0616 e. The summed E-state index contributed by atoms with van der Waals surface area (Å²) >= 11 is 0. The van der Waals surface area contributed by atoms with Crippen molar-refractivity contribution in [2.75, 3.05) is 0 Å². The second-order valence-electron chi connectivity index (χ2n) is 5.75. The average molecular weight is 214 g/mol. The predicted octanol–water partition coefficient (Wildman–Crippen LogP) is 2.87. The van der Waals surface area contributed by atoms with Gasteiger partial charge in [-0.15, -0.1) is 0 Å². The minimum Gasteiger partial charge on any atom is -0.393 e. The summed E-state index contributed by atoms with van der Waals surface area (Å²) < 4.78 is 0. The molecule has 0 aromatic heterocycles. The SMILES string of the molecule is CC(C)(O)CC(O)CCC1CCCCC1. The second kappa shape index (κ2) is 5.86. The van der Waals surface area contributed by atoms with Gasteiger partial charge >= 0.3 is 0 Å². The number of hydrogen-bond acceptors (Lipinski definition) is 2. The molecule has 0 aromatic carbocycles. The molecular formula is C13H26O2. The molecule has 90 valence electrons. The topological polar surface area (TPSA) is 40.5 Å². The fourth-order valence-electron chi connectivity index (χ4n) is 2.58. The summed E-state index contributed by atoms with van der Waals surface area (Å²) in [5.74, 6) is 0.829. The Morgan fingerprint density at radius 3 is 2.33 bits per heavy atom. The molecule has 1 saturated carbocycles. The van der Waals surface area contributed by atoms with Gasteiger partial charge in [-0.3, -0.25) is 0 Å². The maximum atomic E-state index is 9.76. The first kappa shape index (κ1) is 13.0. The Bertz CT molecular complexity index is 166. The van der Waals surface area contributed by atoms with Gasteiger partial charge in [-0.25, -0.2) is 0 Å². The summed E-state index contributed by atoms with van der Waals surface area (Å²) in [5.41, 5.74) is -0.730. The van der Waals surface area contributed by atoms with Gasteiger partial charge in [0.15, 0.2) is 0 Å². The van der Waals surface area contributed by atoms with E-state index < -0.39 is 5.60 Å². The van der Waals surface area contributed by atoms with Crippen molar-refractivity contribution in [3.05, 3.63) is 0 Å². The van der Waals surface area contributed by atoms with Crippen molar-refractivity contribution in [1.29, 1.82) is 0 Å². The van der Waals surface area contributed by atoms with E-state index in [4.69, 9.17) is 0 Å². The molecule has 1 aliphatic rings. The number of aliphatic hydroxyl groups excluding tert-OH is 1. The number of hydrogen-bond donors (Lipinski definition) is 2. The lowest BCUT2D eigenvalue weighted by Crippen LogP contribution is -2.26. The van der Waals surface area contributed by atoms with Gasteiger partial charge in [-0.1, -0.05) is 32.1 Å². The van der Waals surface area contributed by atoms with Crippen molar-refractivity contribution in [3.63, 3.8) is 0 Å². The number of rotatable bonds is 5. The van der Waals surface area contributed by atoms with E-state index in [1.54, 1.807) is 13.8 Å². The van der Waals surface area contributed by atoms with Crippen LogP contribution in [0.1, 0.15) is 65.2 Å². The van der Waals surface area contributed by atoms with Gasteiger partial charge < -0.3 is 10.2 Å². The molecule has 0 radical (unpaired) electrons. The fourth-order valence-corrected chi connectivity index (χ4v) is 2.58. The minimum atomic E-state index is -0.730. The molecule has 0 saturated heterocycles. The molecule has 1 fully saturated rings. The highest BCUT2D eigenvalue weighted by molar-refractivity contribution is 4.73. The van der Waals surface area contributed by atoms with Crippen molar-refractivity contribution in [1.82, 2.24) is 0 Å². The van der Waals surface area contributed by atoms with Gasteiger partial charge in [0.2, 0.25) is 0 Å². The first-order chi connectivity index (χ1) is 6.97. The van der Waals surface area contributed by atoms with Crippen LogP contribution in [0.5, 0.6) is 0 Å². The van der Waals surface area contributed by atoms with E-state index >= 15 is 0 Å². The molecule has 15 heavy (non-hydrogen) atoms. The van der Waals surface area contributed by atoms with Gasteiger partial charge in [0.05, 0.1) is 11.7 Å². The van der Waals surface area contributed by atoms with E-state index in [2.05, 4.69) is 0 Å². The predicted molar refractivity (Wildman–Crippen MR) is 62.7 cm³/mol. The molecule has 2 nitrogen and oxygen atoms in total. The monoisotopic (exact) mass is 214 g/mol. The van der Waals surface area contributed by atoms with Crippen LogP contribution < -0.4 is 0 Å². The van der Waals surface area contributed by atoms with Gasteiger partial charge in [-0.05, 0) is 32.6 Å². The average Bonchev–Trinajstić information content (AvgIpc) is 2.14. The lowest BCUT2D eigenvalue weighted by Gasteiger charge is -2.25. The van der Waals surface area contributed by atoms with Crippen LogP contribution in [0.4, 0.5) is 0 Å². The Morgan fingerprint density at radius 1 is 1.20 bits per heavy atom. The van der Waals surface area contributed by atoms with E-state index in [0.717, 1.165) is 18.8 Å². The van der Waals surface area contributed by atoms with Gasteiger partial charge in [-0.2, -0.15) is 0 Å². The molecule has 1 rings (SSSR count). The molecule has 0 heterocycles. The minimum absolute atomic E-state index is 0.327. The third-order valence-corrected chi connectivity index (χ3v) is 3.37. The molecule has 0 amide bonds. The van der Waals surface area contributed by atoms with E-state index in [9.17, 15) is 10.2 Å². The fraction of sp³-hybridized carbons (Fsp3) is 1.00. The first-order valence-corrected chi connectivity index (χ1v) is 6.38. The number of aliphatic hydroxyl groups is 2. The van der Waals surface area contributed by atoms with Crippen LogP contribution in [-0.4, -0.2) is 21.9 Å². The Labute approximate surface area is 93.7 Å². The first-order valence-electron chi connectivity index (χ1n) is 6.38. The zero-order chi connectivity index (χ0) is 11.3. The van der Waals surface area contributed by atoms with Gasteiger partial charge in [0.25, 0.3) is 0 Å². The molecular weight excluding hydrogens is 188 g/mol. The summed E-state index contributed by atoms with van der Waals surface area (Å²) in [4.78, 5) is 0.